The molecule has 0 aromatic heterocycles. The zero-order chi connectivity index (χ0) is 12.3. The van der Waals surface area contributed by atoms with Crippen molar-refractivity contribution in [2.24, 2.45) is 17.3 Å². The number of hydrogen-bond donors (Lipinski definition) is 1. The lowest BCUT2D eigenvalue weighted by molar-refractivity contribution is 0.143. The predicted octanol–water partition coefficient (Wildman–Crippen LogP) is 4.17. The standard InChI is InChI=1S/C15H28O/c1-11-6-9-14(15(3,4)5)10-13(11)8-7-12(2)16/h12-14,16H,1,6-10H2,2-5H3/t12?,13-,14-/m1/s1. The molecule has 1 aliphatic rings. The Hall–Kier alpha value is -0.300. The van der Waals surface area contributed by atoms with E-state index in [4.69, 9.17) is 0 Å². The fourth-order valence-corrected chi connectivity index (χ4v) is 2.74. The Bertz CT molecular complexity index is 234. The fourth-order valence-electron chi connectivity index (χ4n) is 2.74. The lowest BCUT2D eigenvalue weighted by Crippen LogP contribution is -2.28. The zero-order valence-corrected chi connectivity index (χ0v) is 11.4. The Balaban J connectivity index is 2.52. The molecule has 3 atom stereocenters. The van der Waals surface area contributed by atoms with E-state index in [2.05, 4.69) is 27.4 Å². The van der Waals surface area contributed by atoms with Gasteiger partial charge in [0.1, 0.15) is 0 Å². The van der Waals surface area contributed by atoms with Crippen molar-refractivity contribution in [2.75, 3.05) is 0 Å². The van der Waals surface area contributed by atoms with Gasteiger partial charge in [0.25, 0.3) is 0 Å². The first-order chi connectivity index (χ1) is 7.30. The average molecular weight is 224 g/mol. The first kappa shape index (κ1) is 13.8. The van der Waals surface area contributed by atoms with Gasteiger partial charge in [0.2, 0.25) is 0 Å². The molecule has 1 saturated carbocycles. The molecular weight excluding hydrogens is 196 g/mol. The molecule has 16 heavy (non-hydrogen) atoms. The minimum absolute atomic E-state index is 0.164. The van der Waals surface area contributed by atoms with Gasteiger partial charge < -0.3 is 5.11 Å². The molecule has 0 bridgehead atoms. The summed E-state index contributed by atoms with van der Waals surface area (Å²) in [6, 6.07) is 0. The maximum Gasteiger partial charge on any atom is 0.0512 e. The van der Waals surface area contributed by atoms with E-state index in [9.17, 15) is 5.11 Å². The van der Waals surface area contributed by atoms with Crippen molar-refractivity contribution >= 4 is 0 Å². The third-order valence-corrected chi connectivity index (χ3v) is 4.12. The van der Waals surface area contributed by atoms with E-state index in [1.54, 1.807) is 0 Å². The molecule has 0 aromatic carbocycles. The molecule has 1 aliphatic carbocycles. The predicted molar refractivity (Wildman–Crippen MR) is 70.3 cm³/mol. The largest absolute Gasteiger partial charge is 0.393 e. The van der Waals surface area contributed by atoms with Crippen LogP contribution in [0.5, 0.6) is 0 Å². The number of allylic oxidation sites excluding steroid dienone is 1. The summed E-state index contributed by atoms with van der Waals surface area (Å²) < 4.78 is 0. The Morgan fingerprint density at radius 2 is 2.06 bits per heavy atom. The molecule has 1 nitrogen and oxygen atoms in total. The van der Waals surface area contributed by atoms with Crippen LogP contribution < -0.4 is 0 Å². The van der Waals surface area contributed by atoms with Crippen LogP contribution >= 0.6 is 0 Å². The van der Waals surface area contributed by atoms with Crippen molar-refractivity contribution in [1.82, 2.24) is 0 Å². The van der Waals surface area contributed by atoms with Gasteiger partial charge in [-0.2, -0.15) is 0 Å². The summed E-state index contributed by atoms with van der Waals surface area (Å²) in [5, 5.41) is 9.37. The number of rotatable bonds is 3. The van der Waals surface area contributed by atoms with E-state index in [0.29, 0.717) is 11.3 Å². The number of aliphatic hydroxyl groups is 1. The van der Waals surface area contributed by atoms with Gasteiger partial charge in [-0.1, -0.05) is 32.9 Å². The molecular formula is C15H28O. The summed E-state index contributed by atoms with van der Waals surface area (Å²) in [6.45, 7) is 13.1. The van der Waals surface area contributed by atoms with E-state index in [-0.39, 0.29) is 6.10 Å². The second-order valence-electron chi connectivity index (χ2n) is 6.62. The summed E-state index contributed by atoms with van der Waals surface area (Å²) >= 11 is 0. The topological polar surface area (TPSA) is 20.2 Å². The highest BCUT2D eigenvalue weighted by molar-refractivity contribution is 5.06. The monoisotopic (exact) mass is 224 g/mol. The SMILES string of the molecule is C=C1CC[C@@H](C(C)(C)C)C[C@H]1CCC(C)O. The smallest absolute Gasteiger partial charge is 0.0512 e. The second-order valence-corrected chi connectivity index (χ2v) is 6.62. The van der Waals surface area contributed by atoms with E-state index < -0.39 is 0 Å². The highest BCUT2D eigenvalue weighted by Gasteiger charge is 2.31. The van der Waals surface area contributed by atoms with Crippen LogP contribution in [0.25, 0.3) is 0 Å². The zero-order valence-electron chi connectivity index (χ0n) is 11.4. The molecule has 1 unspecified atom stereocenters. The Morgan fingerprint density at radius 3 is 2.56 bits per heavy atom. The van der Waals surface area contributed by atoms with Gasteiger partial charge in [-0.15, -0.1) is 0 Å². The number of hydrogen-bond acceptors (Lipinski definition) is 1. The third-order valence-electron chi connectivity index (χ3n) is 4.12. The van der Waals surface area contributed by atoms with Gasteiger partial charge in [-0.05, 0) is 56.3 Å². The average Bonchev–Trinajstić information content (AvgIpc) is 2.14. The van der Waals surface area contributed by atoms with Gasteiger partial charge in [0, 0.05) is 0 Å². The molecule has 0 aliphatic heterocycles. The second kappa shape index (κ2) is 5.35. The molecule has 0 amide bonds. The molecule has 1 heteroatoms. The number of aliphatic hydroxyl groups excluding tert-OH is 1. The molecule has 0 saturated heterocycles. The highest BCUT2D eigenvalue weighted by atomic mass is 16.3. The van der Waals surface area contributed by atoms with Crippen molar-refractivity contribution in [2.45, 2.75) is 65.9 Å². The quantitative estimate of drug-likeness (QED) is 0.713. The van der Waals surface area contributed by atoms with E-state index >= 15 is 0 Å². The van der Waals surface area contributed by atoms with Crippen LogP contribution in [-0.4, -0.2) is 11.2 Å². The Labute approximate surface area is 101 Å². The molecule has 1 N–H and O–H groups in total. The Kier molecular flexibility index (Phi) is 4.61. The van der Waals surface area contributed by atoms with Crippen molar-refractivity contribution in [3.05, 3.63) is 12.2 Å². The van der Waals surface area contributed by atoms with Crippen LogP contribution in [-0.2, 0) is 0 Å². The van der Waals surface area contributed by atoms with Crippen LogP contribution in [0, 0.1) is 17.3 Å². The minimum atomic E-state index is -0.164. The minimum Gasteiger partial charge on any atom is -0.393 e. The Morgan fingerprint density at radius 1 is 1.44 bits per heavy atom. The normalized spacial score (nSPS) is 29.2. The van der Waals surface area contributed by atoms with Crippen molar-refractivity contribution in [3.8, 4) is 0 Å². The van der Waals surface area contributed by atoms with Crippen molar-refractivity contribution in [3.63, 3.8) is 0 Å². The van der Waals surface area contributed by atoms with E-state index in [0.717, 1.165) is 18.8 Å². The van der Waals surface area contributed by atoms with Crippen LogP contribution in [0.4, 0.5) is 0 Å². The molecule has 1 rings (SSSR count). The highest BCUT2D eigenvalue weighted by Crippen LogP contribution is 2.43. The van der Waals surface area contributed by atoms with Crippen LogP contribution in [0.2, 0.25) is 0 Å². The molecule has 1 fully saturated rings. The first-order valence-corrected chi connectivity index (χ1v) is 6.66. The van der Waals surface area contributed by atoms with Gasteiger partial charge in [0.05, 0.1) is 6.10 Å². The van der Waals surface area contributed by atoms with Crippen LogP contribution in [0.3, 0.4) is 0 Å². The first-order valence-electron chi connectivity index (χ1n) is 6.66. The summed E-state index contributed by atoms with van der Waals surface area (Å²) in [5.74, 6) is 1.46. The lowest BCUT2D eigenvalue weighted by Gasteiger charge is -2.39. The molecule has 0 aromatic rings. The van der Waals surface area contributed by atoms with Gasteiger partial charge in [0.15, 0.2) is 0 Å². The summed E-state index contributed by atoms with van der Waals surface area (Å²) in [5.41, 5.74) is 1.84. The maximum absolute atomic E-state index is 9.37. The van der Waals surface area contributed by atoms with Crippen LogP contribution in [0.1, 0.15) is 59.8 Å². The van der Waals surface area contributed by atoms with Gasteiger partial charge in [-0.25, -0.2) is 0 Å². The molecule has 94 valence electrons. The van der Waals surface area contributed by atoms with Gasteiger partial charge >= 0.3 is 0 Å². The van der Waals surface area contributed by atoms with E-state index in [1.165, 1.54) is 24.8 Å². The summed E-state index contributed by atoms with van der Waals surface area (Å²) in [6.07, 6.45) is 5.63. The fraction of sp³-hybridized carbons (Fsp3) is 0.867. The van der Waals surface area contributed by atoms with Gasteiger partial charge in [-0.3, -0.25) is 0 Å². The molecule has 0 spiro atoms. The summed E-state index contributed by atoms with van der Waals surface area (Å²) in [4.78, 5) is 0. The third kappa shape index (κ3) is 3.93. The molecule has 0 heterocycles. The van der Waals surface area contributed by atoms with Crippen LogP contribution in [0.15, 0.2) is 12.2 Å². The van der Waals surface area contributed by atoms with Crippen molar-refractivity contribution in [1.29, 1.82) is 0 Å². The summed E-state index contributed by atoms with van der Waals surface area (Å²) in [7, 11) is 0. The maximum atomic E-state index is 9.37. The molecule has 0 radical (unpaired) electrons. The lowest BCUT2D eigenvalue weighted by atomic mass is 9.67. The van der Waals surface area contributed by atoms with Crippen molar-refractivity contribution < 1.29 is 5.11 Å². The van der Waals surface area contributed by atoms with E-state index in [1.807, 2.05) is 6.92 Å².